The Balaban J connectivity index is 1.90. The van der Waals surface area contributed by atoms with Crippen LogP contribution >= 0.6 is 11.3 Å². The third-order valence-corrected chi connectivity index (χ3v) is 3.78. The minimum Gasteiger partial charge on any atom is -0.420 e. The fraction of sp³-hybridized carbons (Fsp3) is 0.455. The minimum atomic E-state index is 0.279. The average molecular weight is 236 g/mol. The molecule has 0 bridgehead atoms. The highest BCUT2D eigenvalue weighted by atomic mass is 32.1. The second kappa shape index (κ2) is 3.99. The highest BCUT2D eigenvalue weighted by molar-refractivity contribution is 7.13. The Morgan fingerprint density at radius 1 is 1.44 bits per heavy atom. The van der Waals surface area contributed by atoms with E-state index in [2.05, 4.69) is 16.3 Å². The molecule has 5 heteroatoms. The summed E-state index contributed by atoms with van der Waals surface area (Å²) in [5.41, 5.74) is 1.18. The normalized spacial score (nSPS) is 20.4. The number of ether oxygens (including phenoxy) is 1. The molecule has 3 rings (SSSR count). The predicted octanol–water partition coefficient (Wildman–Crippen LogP) is 2.61. The molecule has 4 nitrogen and oxygen atoms in total. The Kier molecular flexibility index (Phi) is 2.49. The molecule has 84 valence electrons. The Bertz CT molecular complexity index is 486. The quantitative estimate of drug-likeness (QED) is 0.804. The summed E-state index contributed by atoms with van der Waals surface area (Å²) in [5, 5.41) is 10.2. The van der Waals surface area contributed by atoms with Gasteiger partial charge in [-0.3, -0.25) is 0 Å². The van der Waals surface area contributed by atoms with Gasteiger partial charge < -0.3 is 9.15 Å². The molecule has 0 N–H and O–H groups in total. The van der Waals surface area contributed by atoms with E-state index >= 15 is 0 Å². The Morgan fingerprint density at radius 3 is 3.06 bits per heavy atom. The van der Waals surface area contributed by atoms with Gasteiger partial charge in [-0.25, -0.2) is 0 Å². The fourth-order valence-electron chi connectivity index (χ4n) is 1.81. The van der Waals surface area contributed by atoms with Crippen LogP contribution in [0.5, 0.6) is 0 Å². The standard InChI is InChI=1S/C11H12N2O2S/c1-7-3-5-16-9(7)11-13-12-10(15-11)8-2-4-14-6-8/h3,5,8H,2,4,6H2,1H3/t8-/m0/s1. The van der Waals surface area contributed by atoms with Gasteiger partial charge >= 0.3 is 0 Å². The molecule has 0 spiro atoms. The molecule has 0 aromatic carbocycles. The molecule has 0 radical (unpaired) electrons. The highest BCUT2D eigenvalue weighted by Gasteiger charge is 2.24. The van der Waals surface area contributed by atoms with Crippen LogP contribution in [0.3, 0.4) is 0 Å². The molecular formula is C11H12N2O2S. The molecule has 1 aliphatic heterocycles. The van der Waals surface area contributed by atoms with Gasteiger partial charge in [-0.1, -0.05) is 0 Å². The van der Waals surface area contributed by atoms with Gasteiger partial charge in [0.05, 0.1) is 17.4 Å². The van der Waals surface area contributed by atoms with Crippen LogP contribution in [0.2, 0.25) is 0 Å². The van der Waals surface area contributed by atoms with Crippen molar-refractivity contribution in [1.82, 2.24) is 10.2 Å². The van der Waals surface area contributed by atoms with Gasteiger partial charge in [-0.2, -0.15) is 0 Å². The fourth-order valence-corrected chi connectivity index (χ4v) is 2.66. The molecule has 0 saturated carbocycles. The summed E-state index contributed by atoms with van der Waals surface area (Å²) in [6, 6.07) is 2.06. The maximum Gasteiger partial charge on any atom is 0.258 e. The average Bonchev–Trinajstić information content (AvgIpc) is 2.96. The maximum atomic E-state index is 5.70. The molecular weight excluding hydrogens is 224 g/mol. The van der Waals surface area contributed by atoms with E-state index in [9.17, 15) is 0 Å². The van der Waals surface area contributed by atoms with Crippen LogP contribution in [0.15, 0.2) is 15.9 Å². The molecule has 0 aliphatic carbocycles. The van der Waals surface area contributed by atoms with Gasteiger partial charge in [0, 0.05) is 6.61 Å². The third kappa shape index (κ3) is 1.66. The molecule has 3 heterocycles. The first-order valence-corrected chi connectivity index (χ1v) is 6.18. The SMILES string of the molecule is Cc1ccsc1-c1nnc([C@H]2CCOC2)o1. The van der Waals surface area contributed by atoms with Gasteiger partial charge in [-0.15, -0.1) is 21.5 Å². The summed E-state index contributed by atoms with van der Waals surface area (Å²) in [6.45, 7) is 3.54. The van der Waals surface area contributed by atoms with Crippen LogP contribution in [0.1, 0.15) is 23.8 Å². The molecule has 0 unspecified atom stereocenters. The van der Waals surface area contributed by atoms with Crippen LogP contribution in [0.4, 0.5) is 0 Å². The maximum absolute atomic E-state index is 5.70. The zero-order valence-corrected chi connectivity index (χ0v) is 9.79. The van der Waals surface area contributed by atoms with Crippen molar-refractivity contribution in [2.24, 2.45) is 0 Å². The van der Waals surface area contributed by atoms with Crippen molar-refractivity contribution < 1.29 is 9.15 Å². The second-order valence-electron chi connectivity index (χ2n) is 3.94. The third-order valence-electron chi connectivity index (χ3n) is 2.78. The van der Waals surface area contributed by atoms with Crippen molar-refractivity contribution in [2.45, 2.75) is 19.3 Å². The van der Waals surface area contributed by atoms with Gasteiger partial charge in [0.15, 0.2) is 0 Å². The molecule has 1 saturated heterocycles. The molecule has 1 fully saturated rings. The number of aromatic nitrogens is 2. The van der Waals surface area contributed by atoms with Crippen molar-refractivity contribution in [1.29, 1.82) is 0 Å². The lowest BCUT2D eigenvalue weighted by Crippen LogP contribution is -1.97. The van der Waals surface area contributed by atoms with Crippen molar-refractivity contribution >= 4 is 11.3 Å². The van der Waals surface area contributed by atoms with Crippen molar-refractivity contribution in [2.75, 3.05) is 13.2 Å². The van der Waals surface area contributed by atoms with Crippen LogP contribution in [0.25, 0.3) is 10.8 Å². The van der Waals surface area contributed by atoms with E-state index in [1.54, 1.807) is 11.3 Å². The van der Waals surface area contributed by atoms with Crippen LogP contribution in [-0.4, -0.2) is 23.4 Å². The predicted molar refractivity (Wildman–Crippen MR) is 60.5 cm³/mol. The van der Waals surface area contributed by atoms with E-state index in [4.69, 9.17) is 9.15 Å². The number of nitrogens with zero attached hydrogens (tertiary/aromatic N) is 2. The van der Waals surface area contributed by atoms with Crippen LogP contribution in [-0.2, 0) is 4.74 Å². The summed E-state index contributed by atoms with van der Waals surface area (Å²) in [7, 11) is 0. The minimum absolute atomic E-state index is 0.279. The highest BCUT2D eigenvalue weighted by Crippen LogP contribution is 2.31. The zero-order valence-electron chi connectivity index (χ0n) is 8.97. The van der Waals surface area contributed by atoms with E-state index in [-0.39, 0.29) is 5.92 Å². The molecule has 16 heavy (non-hydrogen) atoms. The van der Waals surface area contributed by atoms with Crippen LogP contribution < -0.4 is 0 Å². The second-order valence-corrected chi connectivity index (χ2v) is 4.85. The summed E-state index contributed by atoms with van der Waals surface area (Å²) in [6.07, 6.45) is 0.977. The lowest BCUT2D eigenvalue weighted by molar-refractivity contribution is 0.191. The van der Waals surface area contributed by atoms with E-state index in [1.165, 1.54) is 5.56 Å². The number of hydrogen-bond acceptors (Lipinski definition) is 5. The molecule has 0 amide bonds. The first-order valence-electron chi connectivity index (χ1n) is 5.30. The summed E-state index contributed by atoms with van der Waals surface area (Å²) in [5.74, 6) is 1.62. The monoisotopic (exact) mass is 236 g/mol. The smallest absolute Gasteiger partial charge is 0.258 e. The zero-order chi connectivity index (χ0) is 11.0. The van der Waals surface area contributed by atoms with Gasteiger partial charge in [0.25, 0.3) is 5.89 Å². The van der Waals surface area contributed by atoms with Gasteiger partial charge in [-0.05, 0) is 30.4 Å². The molecule has 2 aromatic rings. The van der Waals surface area contributed by atoms with Crippen molar-refractivity contribution in [3.05, 3.63) is 22.9 Å². The van der Waals surface area contributed by atoms with Crippen molar-refractivity contribution in [3.8, 4) is 10.8 Å². The van der Waals surface area contributed by atoms with Gasteiger partial charge in [0.1, 0.15) is 0 Å². The first kappa shape index (κ1) is 9.99. The molecule has 1 aliphatic rings. The largest absolute Gasteiger partial charge is 0.420 e. The van der Waals surface area contributed by atoms with E-state index in [0.717, 1.165) is 17.9 Å². The number of rotatable bonds is 2. The van der Waals surface area contributed by atoms with E-state index in [1.807, 2.05) is 12.3 Å². The first-order chi connectivity index (χ1) is 7.84. The van der Waals surface area contributed by atoms with Gasteiger partial charge in [0.2, 0.25) is 5.89 Å². The Hall–Kier alpha value is -1.20. The summed E-state index contributed by atoms with van der Waals surface area (Å²) >= 11 is 1.63. The van der Waals surface area contributed by atoms with E-state index in [0.29, 0.717) is 18.4 Å². The Labute approximate surface area is 97.3 Å². The number of hydrogen-bond donors (Lipinski definition) is 0. The summed E-state index contributed by atoms with van der Waals surface area (Å²) in [4.78, 5) is 1.07. The lowest BCUT2D eigenvalue weighted by atomic mass is 10.1. The topological polar surface area (TPSA) is 48.2 Å². The molecule has 1 atom stereocenters. The Morgan fingerprint density at radius 2 is 2.38 bits per heavy atom. The summed E-state index contributed by atoms with van der Waals surface area (Å²) < 4.78 is 11.0. The number of thiophene rings is 1. The van der Waals surface area contributed by atoms with E-state index < -0.39 is 0 Å². The van der Waals surface area contributed by atoms with Crippen molar-refractivity contribution in [3.63, 3.8) is 0 Å². The lowest BCUT2D eigenvalue weighted by Gasteiger charge is -1.98. The van der Waals surface area contributed by atoms with Crippen LogP contribution in [0, 0.1) is 6.92 Å². The number of aryl methyl sites for hydroxylation is 1. The molecule has 2 aromatic heterocycles.